The van der Waals surface area contributed by atoms with E-state index in [1.807, 2.05) is 55.1 Å². The Labute approximate surface area is 234 Å². The number of ether oxygens (including phenoxy) is 5. The summed E-state index contributed by atoms with van der Waals surface area (Å²) in [6.07, 6.45) is 3.68. The molecule has 13 heteroatoms. The lowest BCUT2D eigenvalue weighted by atomic mass is 10.1. The zero-order chi connectivity index (χ0) is 29.0. The lowest BCUT2D eigenvalue weighted by Crippen LogP contribution is -2.32. The molecule has 39 heavy (non-hydrogen) atoms. The topological polar surface area (TPSA) is 120 Å². The van der Waals surface area contributed by atoms with Gasteiger partial charge in [-0.25, -0.2) is 4.57 Å². The second-order valence-corrected chi connectivity index (χ2v) is 15.5. The molecule has 0 saturated carbocycles. The van der Waals surface area contributed by atoms with Crippen LogP contribution in [0.3, 0.4) is 0 Å². The van der Waals surface area contributed by atoms with E-state index in [9.17, 15) is 9.46 Å². The van der Waals surface area contributed by atoms with Crippen molar-refractivity contribution in [3.8, 4) is 0 Å². The van der Waals surface area contributed by atoms with Crippen LogP contribution in [0.1, 0.15) is 67.7 Å². The summed E-state index contributed by atoms with van der Waals surface area (Å²) in [6.45, 7) is 15.9. The van der Waals surface area contributed by atoms with Crippen LogP contribution >= 0.6 is 15.2 Å². The predicted molar refractivity (Wildman–Crippen MR) is 149 cm³/mol. The Balaban J connectivity index is 1.51. The maximum atomic E-state index is 12.9. The molecule has 0 aliphatic carbocycles. The van der Waals surface area contributed by atoms with Crippen molar-refractivity contribution in [2.75, 3.05) is 26.5 Å². The van der Waals surface area contributed by atoms with Crippen LogP contribution in [0.5, 0.6) is 0 Å². The van der Waals surface area contributed by atoms with Crippen LogP contribution < -0.4 is 0 Å². The molecule has 3 rings (SSSR count). The van der Waals surface area contributed by atoms with Gasteiger partial charge in [0.15, 0.2) is 0 Å². The first-order valence-electron chi connectivity index (χ1n) is 14.1. The molecule has 11 nitrogen and oxygen atoms in total. The zero-order valence-electron chi connectivity index (χ0n) is 24.7. The van der Waals surface area contributed by atoms with Crippen LogP contribution in [0, 0.1) is 0 Å². The van der Waals surface area contributed by atoms with Crippen molar-refractivity contribution in [3.63, 3.8) is 0 Å². The van der Waals surface area contributed by atoms with Gasteiger partial charge in [0, 0.05) is 25.9 Å². The summed E-state index contributed by atoms with van der Waals surface area (Å²) >= 11 is 0. The van der Waals surface area contributed by atoms with Gasteiger partial charge in [-0.05, 0) is 48.5 Å². The fourth-order valence-corrected chi connectivity index (χ4v) is 7.40. The number of phosphoric acid groups is 1. The lowest BCUT2D eigenvalue weighted by Gasteiger charge is -2.29. The van der Waals surface area contributed by atoms with Crippen molar-refractivity contribution in [2.24, 2.45) is 0 Å². The first-order valence-corrected chi connectivity index (χ1v) is 17.8. The Hall–Kier alpha value is 0.130. The van der Waals surface area contributed by atoms with Gasteiger partial charge in [0.1, 0.15) is 31.8 Å². The summed E-state index contributed by atoms with van der Waals surface area (Å²) in [4.78, 5) is 10.5. The van der Waals surface area contributed by atoms with Crippen molar-refractivity contribution in [3.05, 3.63) is 0 Å². The van der Waals surface area contributed by atoms with Crippen molar-refractivity contribution in [1.29, 1.82) is 0 Å². The molecule has 11 atom stereocenters. The Morgan fingerprint density at radius 2 is 1.23 bits per heavy atom. The largest absolute Gasteiger partial charge is 0.472 e. The first-order chi connectivity index (χ1) is 18.1. The second kappa shape index (κ2) is 14.5. The quantitative estimate of drug-likeness (QED) is 0.267. The van der Waals surface area contributed by atoms with Crippen molar-refractivity contribution >= 4 is 21.5 Å². The maximum absolute atomic E-state index is 12.9. The van der Waals surface area contributed by atoms with Gasteiger partial charge in [-0.3, -0.25) is 9.05 Å². The summed E-state index contributed by atoms with van der Waals surface area (Å²) in [5.41, 5.74) is 0. The number of hydrogen-bond acceptors (Lipinski definition) is 10. The van der Waals surface area contributed by atoms with Gasteiger partial charge in [-0.1, -0.05) is 6.30 Å². The average Bonchev–Trinajstić information content (AvgIpc) is 3.44. The second-order valence-electron chi connectivity index (χ2n) is 11.6. The van der Waals surface area contributed by atoms with Gasteiger partial charge in [0.05, 0.1) is 62.5 Å². The minimum absolute atomic E-state index is 0.0101. The average molecular weight is 601 g/mol. The molecule has 3 saturated heterocycles. The van der Waals surface area contributed by atoms with E-state index < -0.39 is 33.5 Å². The standard InChI is InChI=1S/C26H50O11P2/c1-16(2)29-13-24-22(11-19(6)33-24)36-38(8,9)30-14-26-23(12-20(7)35-26)37-39(27,28)31-15-25-21(32-17(3)4)10-18(5)34-25/h16-26H,8,10-15H2,1-7,9H3,(H,27,28)/t18-,19-,20-,21?,22?,23?,24+,25+,26+,38?/m0/s1. The SMILES string of the molecule is C=P(C)(OC[C@H]1O[C@@H](C)CC1OP(=O)(O)OC[C@H]1O[C@@H](C)CC1OC(C)C)OC1C[C@H](C)O[C@@H]1COC(C)C. The third-order valence-corrected chi connectivity index (χ3v) is 9.16. The Morgan fingerprint density at radius 1 is 0.769 bits per heavy atom. The summed E-state index contributed by atoms with van der Waals surface area (Å²) < 4.78 is 65.6. The highest BCUT2D eigenvalue weighted by Crippen LogP contribution is 2.50. The highest BCUT2D eigenvalue weighted by atomic mass is 31.2. The van der Waals surface area contributed by atoms with Crippen LogP contribution in [0.25, 0.3) is 0 Å². The van der Waals surface area contributed by atoms with Gasteiger partial charge < -0.3 is 37.6 Å². The zero-order valence-corrected chi connectivity index (χ0v) is 26.5. The molecule has 0 spiro atoms. The summed E-state index contributed by atoms with van der Waals surface area (Å²) in [5.74, 6) is 0. The van der Waals surface area contributed by atoms with Crippen LogP contribution in [-0.4, -0.2) is 105 Å². The molecule has 0 radical (unpaired) electrons. The highest BCUT2D eigenvalue weighted by molar-refractivity contribution is 7.63. The number of hydrogen-bond donors (Lipinski definition) is 1. The maximum Gasteiger partial charge on any atom is 0.472 e. The highest BCUT2D eigenvalue weighted by Gasteiger charge is 2.42. The third-order valence-electron chi connectivity index (χ3n) is 6.74. The van der Waals surface area contributed by atoms with Crippen LogP contribution in [0.2, 0.25) is 0 Å². The van der Waals surface area contributed by atoms with E-state index in [0.717, 1.165) is 6.42 Å². The van der Waals surface area contributed by atoms with Crippen molar-refractivity contribution in [1.82, 2.24) is 0 Å². The normalized spacial score (nSPS) is 38.5. The number of rotatable bonds is 15. The van der Waals surface area contributed by atoms with E-state index in [-0.39, 0.29) is 62.0 Å². The van der Waals surface area contributed by atoms with Gasteiger partial charge in [0.25, 0.3) is 0 Å². The Kier molecular flexibility index (Phi) is 12.5. The molecular weight excluding hydrogens is 550 g/mol. The van der Waals surface area contributed by atoms with Crippen molar-refractivity contribution < 1.29 is 51.2 Å². The van der Waals surface area contributed by atoms with Crippen LogP contribution in [0.15, 0.2) is 0 Å². The summed E-state index contributed by atoms with van der Waals surface area (Å²) in [7, 11) is -6.92. The molecule has 1 N–H and O–H groups in total. The van der Waals surface area contributed by atoms with Crippen LogP contribution in [-0.2, 0) is 46.3 Å². The molecule has 0 aromatic heterocycles. The lowest BCUT2D eigenvalue weighted by molar-refractivity contribution is -0.0657. The van der Waals surface area contributed by atoms with Gasteiger partial charge in [-0.2, -0.15) is 0 Å². The molecule has 3 heterocycles. The van der Waals surface area contributed by atoms with Gasteiger partial charge in [0.2, 0.25) is 0 Å². The molecule has 0 amide bonds. The van der Waals surface area contributed by atoms with Crippen LogP contribution in [0.4, 0.5) is 0 Å². The van der Waals surface area contributed by atoms with E-state index in [1.165, 1.54) is 0 Å². The predicted octanol–water partition coefficient (Wildman–Crippen LogP) is 4.55. The summed E-state index contributed by atoms with van der Waals surface area (Å²) in [6, 6.07) is 0. The van der Waals surface area contributed by atoms with E-state index in [1.54, 1.807) is 0 Å². The van der Waals surface area contributed by atoms with Gasteiger partial charge in [-0.15, -0.1) is 0 Å². The minimum atomic E-state index is -4.40. The van der Waals surface area contributed by atoms with Crippen molar-refractivity contribution in [2.45, 2.75) is 135 Å². The summed E-state index contributed by atoms with van der Waals surface area (Å²) in [5, 5.41) is 0. The molecule has 0 aromatic rings. The monoisotopic (exact) mass is 600 g/mol. The molecule has 5 unspecified atom stereocenters. The molecule has 3 fully saturated rings. The molecule has 3 aliphatic rings. The first kappa shape index (κ1) is 33.6. The van der Waals surface area contributed by atoms with E-state index in [4.69, 9.17) is 41.8 Å². The van der Waals surface area contributed by atoms with E-state index in [0.29, 0.717) is 19.4 Å². The molecule has 0 bridgehead atoms. The van der Waals surface area contributed by atoms with E-state index >= 15 is 0 Å². The molecule has 0 aromatic carbocycles. The molecule has 230 valence electrons. The molecule has 3 aliphatic heterocycles. The fourth-order valence-electron chi connectivity index (χ4n) is 5.12. The van der Waals surface area contributed by atoms with Gasteiger partial charge >= 0.3 is 7.82 Å². The minimum Gasteiger partial charge on any atom is -0.376 e. The Bertz CT molecular complexity index is 856. The fraction of sp³-hybridized carbons (Fsp3) is 0.962. The third kappa shape index (κ3) is 11.0. The molecular formula is C26H50O11P2. The smallest absolute Gasteiger partial charge is 0.376 e. The number of phosphoric ester groups is 1. The van der Waals surface area contributed by atoms with E-state index in [2.05, 4.69) is 6.30 Å². The Morgan fingerprint density at radius 3 is 1.77 bits per heavy atom.